The van der Waals surface area contributed by atoms with Crippen LogP contribution in [0.3, 0.4) is 0 Å². The van der Waals surface area contributed by atoms with Gasteiger partial charge in [0.1, 0.15) is 12.4 Å². The summed E-state index contributed by atoms with van der Waals surface area (Å²) in [5.41, 5.74) is 1.89. The van der Waals surface area contributed by atoms with Gasteiger partial charge in [0.05, 0.1) is 26.5 Å². The largest absolute Gasteiger partial charge is 0.493 e. The summed E-state index contributed by atoms with van der Waals surface area (Å²) < 4.78 is 16.1. The van der Waals surface area contributed by atoms with E-state index < -0.39 is 0 Å². The summed E-state index contributed by atoms with van der Waals surface area (Å²) in [6.07, 6.45) is 1.09. The van der Waals surface area contributed by atoms with Gasteiger partial charge in [0.2, 0.25) is 5.91 Å². The highest BCUT2D eigenvalue weighted by Gasteiger charge is 2.22. The van der Waals surface area contributed by atoms with Crippen LogP contribution in [0, 0.1) is 0 Å². The molecule has 1 aliphatic rings. The van der Waals surface area contributed by atoms with Gasteiger partial charge < -0.3 is 19.1 Å². The smallest absolute Gasteiger partial charge is 0.227 e. The third-order valence-electron chi connectivity index (χ3n) is 4.11. The van der Waals surface area contributed by atoms with Crippen molar-refractivity contribution in [3.8, 4) is 17.2 Å². The number of benzene rings is 2. The van der Waals surface area contributed by atoms with E-state index in [2.05, 4.69) is 0 Å². The van der Waals surface area contributed by atoms with Crippen LogP contribution in [0.1, 0.15) is 12.0 Å². The molecular weight excluding hydrogens is 306 g/mol. The van der Waals surface area contributed by atoms with E-state index in [1.807, 2.05) is 42.5 Å². The van der Waals surface area contributed by atoms with Crippen molar-refractivity contribution in [3.05, 3.63) is 48.0 Å². The number of aryl methyl sites for hydroxylation is 1. The minimum atomic E-state index is 0.0977. The maximum Gasteiger partial charge on any atom is 0.227 e. The molecule has 0 unspecified atom stereocenters. The van der Waals surface area contributed by atoms with Crippen molar-refractivity contribution >= 4 is 11.6 Å². The number of nitrogens with zero attached hydrogens (tertiary/aromatic N) is 1. The number of hydrogen-bond donors (Lipinski definition) is 0. The first-order valence-electron chi connectivity index (χ1n) is 7.96. The Kier molecular flexibility index (Phi) is 4.89. The molecule has 0 saturated carbocycles. The third-order valence-corrected chi connectivity index (χ3v) is 4.11. The van der Waals surface area contributed by atoms with E-state index in [0.29, 0.717) is 37.5 Å². The lowest BCUT2D eigenvalue weighted by atomic mass is 10.1. The second-order valence-corrected chi connectivity index (χ2v) is 5.55. The number of ether oxygens (including phenoxy) is 3. The van der Waals surface area contributed by atoms with Crippen molar-refractivity contribution in [2.45, 2.75) is 12.8 Å². The topological polar surface area (TPSA) is 48.0 Å². The number of carbonyl (C=O) groups is 1. The summed E-state index contributed by atoms with van der Waals surface area (Å²) in [6.45, 7) is 1.11. The quantitative estimate of drug-likeness (QED) is 0.847. The number of methoxy groups -OCH3 is 2. The molecule has 2 aromatic rings. The summed E-state index contributed by atoms with van der Waals surface area (Å²) in [7, 11) is 3.22. The van der Waals surface area contributed by atoms with E-state index in [1.54, 1.807) is 19.1 Å². The van der Waals surface area contributed by atoms with Crippen molar-refractivity contribution in [1.82, 2.24) is 0 Å². The lowest BCUT2D eigenvalue weighted by molar-refractivity contribution is -0.118. The van der Waals surface area contributed by atoms with Gasteiger partial charge in [0.15, 0.2) is 11.5 Å². The van der Waals surface area contributed by atoms with E-state index in [9.17, 15) is 4.79 Å². The van der Waals surface area contributed by atoms with Crippen molar-refractivity contribution < 1.29 is 19.0 Å². The predicted molar refractivity (Wildman–Crippen MR) is 92.2 cm³/mol. The fourth-order valence-electron chi connectivity index (χ4n) is 2.85. The first-order chi connectivity index (χ1) is 11.7. The lowest BCUT2D eigenvalue weighted by Gasteiger charge is -2.29. The first-order valence-corrected chi connectivity index (χ1v) is 7.96. The fourth-order valence-corrected chi connectivity index (χ4v) is 2.85. The highest BCUT2D eigenvalue weighted by molar-refractivity contribution is 5.95. The standard InChI is InChI=1S/C19H21NO4/c1-22-17-9-7-14(13-18(17)23-2)8-10-19(21)20-11-12-24-16-6-4-3-5-15(16)20/h3-7,9,13H,8,10-12H2,1-2H3. The first kappa shape index (κ1) is 16.2. The molecule has 3 rings (SSSR count). The molecule has 24 heavy (non-hydrogen) atoms. The molecule has 5 heteroatoms. The Morgan fingerprint density at radius 3 is 2.71 bits per heavy atom. The Morgan fingerprint density at radius 2 is 1.92 bits per heavy atom. The normalized spacial score (nSPS) is 13.0. The molecule has 0 aromatic heterocycles. The Labute approximate surface area is 141 Å². The van der Waals surface area contributed by atoms with Crippen LogP contribution in [-0.2, 0) is 11.2 Å². The van der Waals surface area contributed by atoms with Gasteiger partial charge in [-0.1, -0.05) is 18.2 Å². The number of para-hydroxylation sites is 2. The second-order valence-electron chi connectivity index (χ2n) is 5.55. The Hall–Kier alpha value is -2.69. The van der Waals surface area contributed by atoms with Gasteiger partial charge in [-0.15, -0.1) is 0 Å². The Balaban J connectivity index is 1.68. The van der Waals surface area contributed by atoms with Crippen molar-refractivity contribution in [2.75, 3.05) is 32.3 Å². The molecule has 1 amide bonds. The summed E-state index contributed by atoms with van der Waals surface area (Å²) in [6, 6.07) is 13.4. The van der Waals surface area contributed by atoms with Crippen LogP contribution in [-0.4, -0.2) is 33.3 Å². The maximum atomic E-state index is 12.6. The van der Waals surface area contributed by atoms with E-state index in [0.717, 1.165) is 17.0 Å². The van der Waals surface area contributed by atoms with Gasteiger partial charge in [-0.05, 0) is 36.2 Å². The molecule has 0 N–H and O–H groups in total. The zero-order chi connectivity index (χ0) is 16.9. The minimum absolute atomic E-state index is 0.0977. The van der Waals surface area contributed by atoms with E-state index in [-0.39, 0.29) is 5.91 Å². The summed E-state index contributed by atoms with van der Waals surface area (Å²) in [5, 5.41) is 0. The highest BCUT2D eigenvalue weighted by Crippen LogP contribution is 2.32. The average Bonchev–Trinajstić information content (AvgIpc) is 2.65. The third kappa shape index (κ3) is 3.30. The fraction of sp³-hybridized carbons (Fsp3) is 0.316. The van der Waals surface area contributed by atoms with Crippen LogP contribution in [0.2, 0.25) is 0 Å². The molecule has 0 radical (unpaired) electrons. The Bertz CT molecular complexity index is 729. The van der Waals surface area contributed by atoms with E-state index >= 15 is 0 Å². The molecule has 1 aliphatic heterocycles. The number of hydrogen-bond acceptors (Lipinski definition) is 4. The molecule has 2 aromatic carbocycles. The van der Waals surface area contributed by atoms with Crippen LogP contribution in [0.15, 0.2) is 42.5 Å². The number of rotatable bonds is 5. The van der Waals surface area contributed by atoms with Crippen molar-refractivity contribution in [2.24, 2.45) is 0 Å². The minimum Gasteiger partial charge on any atom is -0.493 e. The molecular formula is C19H21NO4. The Morgan fingerprint density at radius 1 is 1.12 bits per heavy atom. The van der Waals surface area contributed by atoms with Crippen LogP contribution >= 0.6 is 0 Å². The zero-order valence-corrected chi connectivity index (χ0v) is 14.0. The molecule has 0 aliphatic carbocycles. The molecule has 0 bridgehead atoms. The van der Waals surface area contributed by atoms with Crippen LogP contribution in [0.4, 0.5) is 5.69 Å². The second kappa shape index (κ2) is 7.25. The maximum absolute atomic E-state index is 12.6. The van der Waals surface area contributed by atoms with E-state index in [4.69, 9.17) is 14.2 Å². The summed E-state index contributed by atoms with van der Waals surface area (Å²) >= 11 is 0. The van der Waals surface area contributed by atoms with Crippen LogP contribution in [0.25, 0.3) is 0 Å². The summed E-state index contributed by atoms with van der Waals surface area (Å²) in [5.74, 6) is 2.23. The molecule has 1 heterocycles. The van der Waals surface area contributed by atoms with Crippen LogP contribution < -0.4 is 19.1 Å². The van der Waals surface area contributed by atoms with Gasteiger partial charge in [-0.2, -0.15) is 0 Å². The molecule has 0 fully saturated rings. The predicted octanol–water partition coefficient (Wildman–Crippen LogP) is 3.06. The lowest BCUT2D eigenvalue weighted by Crippen LogP contribution is -2.38. The van der Waals surface area contributed by atoms with Gasteiger partial charge >= 0.3 is 0 Å². The molecule has 0 saturated heterocycles. The van der Waals surface area contributed by atoms with Crippen molar-refractivity contribution in [1.29, 1.82) is 0 Å². The SMILES string of the molecule is COc1ccc(CCC(=O)N2CCOc3ccccc32)cc1OC. The summed E-state index contributed by atoms with van der Waals surface area (Å²) in [4.78, 5) is 14.4. The number of carbonyl (C=O) groups excluding carboxylic acids is 1. The van der Waals surface area contributed by atoms with Gasteiger partial charge in [-0.3, -0.25) is 4.79 Å². The average molecular weight is 327 g/mol. The monoisotopic (exact) mass is 327 g/mol. The van der Waals surface area contributed by atoms with Crippen molar-refractivity contribution in [3.63, 3.8) is 0 Å². The van der Waals surface area contributed by atoms with Gasteiger partial charge in [-0.25, -0.2) is 0 Å². The van der Waals surface area contributed by atoms with Gasteiger partial charge in [0.25, 0.3) is 0 Å². The number of fused-ring (bicyclic) bond motifs is 1. The van der Waals surface area contributed by atoms with Gasteiger partial charge in [0, 0.05) is 6.42 Å². The molecule has 126 valence electrons. The van der Waals surface area contributed by atoms with Crippen LogP contribution in [0.5, 0.6) is 17.2 Å². The highest BCUT2D eigenvalue weighted by atomic mass is 16.5. The van der Waals surface area contributed by atoms with E-state index in [1.165, 1.54) is 0 Å². The molecule has 0 atom stereocenters. The number of anilines is 1. The number of amides is 1. The molecule has 0 spiro atoms. The zero-order valence-electron chi connectivity index (χ0n) is 14.0. The molecule has 5 nitrogen and oxygen atoms in total.